The molecule has 0 bridgehead atoms. The number of hydrogen-bond acceptors (Lipinski definition) is 7. The SMILES string of the molecule is CNc1ccc(-c2cc3sc(-c4ncc(-c5ccc(CCC(C)C)cc5F)c5nsnc45)cc3s2)cc1. The summed E-state index contributed by atoms with van der Waals surface area (Å²) in [5.74, 6) is 0.348. The zero-order valence-corrected chi connectivity index (χ0v) is 23.2. The van der Waals surface area contributed by atoms with Crippen molar-refractivity contribution in [1.29, 1.82) is 0 Å². The van der Waals surface area contributed by atoms with E-state index in [0.29, 0.717) is 22.6 Å². The lowest BCUT2D eigenvalue weighted by Crippen LogP contribution is -1.95. The van der Waals surface area contributed by atoms with Crippen LogP contribution in [0.3, 0.4) is 0 Å². The summed E-state index contributed by atoms with van der Waals surface area (Å²) in [5.41, 5.74) is 6.75. The second-order valence-electron chi connectivity index (χ2n) is 9.51. The van der Waals surface area contributed by atoms with E-state index in [1.54, 1.807) is 34.9 Å². The fourth-order valence-electron chi connectivity index (χ4n) is 4.43. The number of rotatable bonds is 7. The first-order valence-electron chi connectivity index (χ1n) is 12.2. The van der Waals surface area contributed by atoms with Gasteiger partial charge < -0.3 is 5.32 Å². The number of anilines is 1. The van der Waals surface area contributed by atoms with Crippen molar-refractivity contribution in [1.82, 2.24) is 13.7 Å². The van der Waals surface area contributed by atoms with Crippen molar-refractivity contribution >= 4 is 60.5 Å². The van der Waals surface area contributed by atoms with Gasteiger partial charge in [-0.15, -0.1) is 22.7 Å². The molecule has 0 aliphatic heterocycles. The third-order valence-electron chi connectivity index (χ3n) is 6.52. The molecule has 0 unspecified atom stereocenters. The Hall–Kier alpha value is -3.20. The number of thiophene rings is 2. The van der Waals surface area contributed by atoms with E-state index in [4.69, 9.17) is 4.98 Å². The molecule has 0 spiro atoms. The van der Waals surface area contributed by atoms with Crippen LogP contribution < -0.4 is 5.32 Å². The van der Waals surface area contributed by atoms with E-state index in [1.165, 1.54) is 19.8 Å². The molecule has 4 heterocycles. The van der Waals surface area contributed by atoms with Crippen LogP contribution in [0.15, 0.2) is 60.8 Å². The molecule has 0 amide bonds. The van der Waals surface area contributed by atoms with Crippen LogP contribution >= 0.6 is 34.4 Å². The van der Waals surface area contributed by atoms with Gasteiger partial charge in [-0.3, -0.25) is 4.98 Å². The van der Waals surface area contributed by atoms with Crippen LogP contribution in [0.25, 0.3) is 52.6 Å². The van der Waals surface area contributed by atoms with Gasteiger partial charge in [0.05, 0.1) is 16.6 Å². The lowest BCUT2D eigenvalue weighted by Gasteiger charge is -2.09. The van der Waals surface area contributed by atoms with Crippen molar-refractivity contribution in [3.05, 3.63) is 72.2 Å². The molecule has 4 nitrogen and oxygen atoms in total. The lowest BCUT2D eigenvalue weighted by atomic mass is 9.98. The Labute approximate surface area is 227 Å². The number of aromatic nitrogens is 3. The summed E-state index contributed by atoms with van der Waals surface area (Å²) in [7, 11) is 1.92. The largest absolute Gasteiger partial charge is 0.388 e. The van der Waals surface area contributed by atoms with Gasteiger partial charge >= 0.3 is 0 Å². The molecule has 4 aromatic heterocycles. The summed E-state index contributed by atoms with van der Waals surface area (Å²) >= 11 is 4.62. The molecule has 6 aromatic rings. The monoisotopic (exact) mass is 544 g/mol. The smallest absolute Gasteiger partial charge is 0.132 e. The fraction of sp³-hybridized carbons (Fsp3) is 0.207. The number of fused-ring (bicyclic) bond motifs is 2. The number of halogens is 1. The number of pyridine rings is 1. The molecule has 0 aliphatic rings. The van der Waals surface area contributed by atoms with E-state index in [1.807, 2.05) is 19.2 Å². The van der Waals surface area contributed by atoms with Crippen molar-refractivity contribution < 1.29 is 4.39 Å². The minimum absolute atomic E-state index is 0.239. The topological polar surface area (TPSA) is 50.7 Å². The first-order valence-corrected chi connectivity index (χ1v) is 14.6. The van der Waals surface area contributed by atoms with Gasteiger partial charge in [0.25, 0.3) is 0 Å². The van der Waals surface area contributed by atoms with Crippen LogP contribution in [0.1, 0.15) is 25.8 Å². The van der Waals surface area contributed by atoms with E-state index >= 15 is 4.39 Å². The minimum atomic E-state index is -0.239. The summed E-state index contributed by atoms with van der Waals surface area (Å²) in [6.07, 6.45) is 3.66. The average Bonchev–Trinajstić information content (AvgIpc) is 3.63. The Balaban J connectivity index is 1.33. The van der Waals surface area contributed by atoms with Crippen LogP contribution in [0.5, 0.6) is 0 Å². The first-order chi connectivity index (χ1) is 18.0. The number of nitrogens with zero attached hydrogens (tertiary/aromatic N) is 3. The minimum Gasteiger partial charge on any atom is -0.388 e. The molecule has 0 fully saturated rings. The third-order valence-corrected chi connectivity index (χ3v) is 9.40. The van der Waals surface area contributed by atoms with Gasteiger partial charge in [0.2, 0.25) is 0 Å². The van der Waals surface area contributed by atoms with Crippen molar-refractivity contribution in [2.24, 2.45) is 5.92 Å². The average molecular weight is 545 g/mol. The van der Waals surface area contributed by atoms with E-state index in [9.17, 15) is 0 Å². The van der Waals surface area contributed by atoms with Gasteiger partial charge in [-0.2, -0.15) is 8.75 Å². The predicted octanol–water partition coefficient (Wildman–Crippen LogP) is 9.13. The summed E-state index contributed by atoms with van der Waals surface area (Å²) in [6.45, 7) is 4.37. The molecular formula is C29H25FN4S3. The molecule has 0 radical (unpaired) electrons. The van der Waals surface area contributed by atoms with Crippen LogP contribution in [0.2, 0.25) is 0 Å². The van der Waals surface area contributed by atoms with E-state index in [0.717, 1.165) is 51.9 Å². The number of aryl methyl sites for hydroxylation is 1. The van der Waals surface area contributed by atoms with Gasteiger partial charge in [0, 0.05) is 44.3 Å². The Kier molecular flexibility index (Phi) is 6.48. The van der Waals surface area contributed by atoms with Gasteiger partial charge in [-0.05, 0) is 60.2 Å². The van der Waals surface area contributed by atoms with E-state index in [2.05, 4.69) is 64.3 Å². The maximum absolute atomic E-state index is 15.2. The standard InChI is InChI=1S/C29H25FN4S3/c1-16(2)4-5-17-6-11-20(22(30)12-17)21-15-32-28(29-27(21)33-37-34-29)26-14-25-24(36-26)13-23(35-25)18-7-9-19(31-3)10-8-18/h6-16,31H,4-5H2,1-3H3. The number of hydrogen-bond donors (Lipinski definition) is 1. The summed E-state index contributed by atoms with van der Waals surface area (Å²) in [5, 5.41) is 3.16. The second-order valence-corrected chi connectivity index (χ2v) is 12.2. The highest BCUT2D eigenvalue weighted by Crippen LogP contribution is 2.43. The predicted molar refractivity (Wildman–Crippen MR) is 157 cm³/mol. The zero-order valence-electron chi connectivity index (χ0n) is 20.7. The van der Waals surface area contributed by atoms with Gasteiger partial charge in [-0.25, -0.2) is 4.39 Å². The Morgan fingerprint density at radius 3 is 2.32 bits per heavy atom. The van der Waals surface area contributed by atoms with Crippen molar-refractivity contribution in [3.63, 3.8) is 0 Å². The third kappa shape index (κ3) is 4.65. The summed E-state index contributed by atoms with van der Waals surface area (Å²) < 4.78 is 26.7. The molecule has 0 saturated heterocycles. The molecule has 2 aromatic carbocycles. The highest BCUT2D eigenvalue weighted by Gasteiger charge is 2.19. The number of benzene rings is 2. The molecule has 0 atom stereocenters. The zero-order chi connectivity index (χ0) is 25.5. The van der Waals surface area contributed by atoms with Gasteiger partial charge in [0.1, 0.15) is 22.5 Å². The van der Waals surface area contributed by atoms with E-state index in [-0.39, 0.29) is 5.82 Å². The maximum Gasteiger partial charge on any atom is 0.132 e. The highest BCUT2D eigenvalue weighted by molar-refractivity contribution is 7.31. The van der Waals surface area contributed by atoms with Crippen molar-refractivity contribution in [2.75, 3.05) is 12.4 Å². The van der Waals surface area contributed by atoms with Crippen molar-refractivity contribution in [3.8, 4) is 32.1 Å². The van der Waals surface area contributed by atoms with Gasteiger partial charge in [-0.1, -0.05) is 38.1 Å². The Morgan fingerprint density at radius 1 is 0.865 bits per heavy atom. The molecule has 8 heteroatoms. The van der Waals surface area contributed by atoms with Crippen LogP contribution in [-0.4, -0.2) is 20.8 Å². The molecule has 186 valence electrons. The fourth-order valence-corrected chi connectivity index (χ4v) is 7.39. The first kappa shape index (κ1) is 24.2. The molecule has 0 aliphatic carbocycles. The number of nitrogens with one attached hydrogen (secondary N) is 1. The maximum atomic E-state index is 15.2. The molecule has 0 saturated carbocycles. The lowest BCUT2D eigenvalue weighted by molar-refractivity contribution is 0.582. The van der Waals surface area contributed by atoms with Crippen molar-refractivity contribution in [2.45, 2.75) is 26.7 Å². The second kappa shape index (κ2) is 9.93. The molecule has 6 rings (SSSR count). The summed E-state index contributed by atoms with van der Waals surface area (Å²) in [6, 6.07) is 18.4. The van der Waals surface area contributed by atoms with Crippen LogP contribution in [0, 0.1) is 11.7 Å². The summed E-state index contributed by atoms with van der Waals surface area (Å²) in [4.78, 5) is 7.06. The quantitative estimate of drug-likeness (QED) is 0.218. The van der Waals surface area contributed by atoms with E-state index < -0.39 is 0 Å². The van der Waals surface area contributed by atoms with Crippen LogP contribution in [-0.2, 0) is 6.42 Å². The molecule has 37 heavy (non-hydrogen) atoms. The van der Waals surface area contributed by atoms with Gasteiger partial charge in [0.15, 0.2) is 0 Å². The normalized spacial score (nSPS) is 11.7. The Bertz CT molecular complexity index is 1680. The molecular weight excluding hydrogens is 520 g/mol. The Morgan fingerprint density at radius 2 is 1.59 bits per heavy atom. The van der Waals surface area contributed by atoms with Crippen LogP contribution in [0.4, 0.5) is 10.1 Å². The molecule has 1 N–H and O–H groups in total. The highest BCUT2D eigenvalue weighted by atomic mass is 32.1.